The van der Waals surface area contributed by atoms with Gasteiger partial charge in [-0.05, 0) is 106 Å². The van der Waals surface area contributed by atoms with Gasteiger partial charge in [-0.25, -0.2) is 8.42 Å². The van der Waals surface area contributed by atoms with Gasteiger partial charge < -0.3 is 29.4 Å². The summed E-state index contributed by atoms with van der Waals surface area (Å²) in [5.41, 5.74) is 1.84. The molecule has 0 amide bonds. The molecule has 0 fully saturated rings. The molecule has 0 aliphatic carbocycles. The first-order valence-corrected chi connectivity index (χ1v) is 22.3. The molecule has 1 N–H and O–H groups in total. The van der Waals surface area contributed by atoms with Crippen molar-refractivity contribution in [2.45, 2.75) is 116 Å². The number of hydrogen-bond acceptors (Lipinski definition) is 8. The Morgan fingerprint density at radius 2 is 1.27 bits per heavy atom. The molecule has 2 aromatic rings. The number of aliphatic hydroxyl groups is 1. The number of unbranched alkanes of at least 4 members (excludes halogenated alkanes) is 4. The molecule has 3 rings (SSSR count). The lowest BCUT2D eigenvalue weighted by Gasteiger charge is -2.40. The molecule has 0 bridgehead atoms. The molecule has 296 valence electrons. The standard InChI is InChI=1S/C43H74N4O4S/c1-9-15-26-43(27-16-10-2)35-52(49,50)40-25-22-37(44(7)8)34-39(40)41(42(43)48)36-20-23-38(24-21-36)51-33-19-17-18-28-47(31-29-45(11-3)12-4)32-30-46(13-5)14-6/h20-25,34,41-42,48H,9-19,26-33,35H2,1-8H3/t41-,42-/m1/s1. The van der Waals surface area contributed by atoms with Crippen molar-refractivity contribution >= 4 is 15.5 Å². The smallest absolute Gasteiger partial charge is 0.179 e. The van der Waals surface area contributed by atoms with Crippen molar-refractivity contribution in [3.8, 4) is 5.75 Å². The number of anilines is 1. The Balaban J connectivity index is 1.73. The number of fused-ring (bicyclic) bond motifs is 1. The predicted octanol–water partition coefficient (Wildman–Crippen LogP) is 7.93. The number of likely N-dealkylation sites (N-methyl/N-ethyl adjacent to an activating group) is 2. The molecule has 2 atom stereocenters. The van der Waals surface area contributed by atoms with Gasteiger partial charge in [-0.2, -0.15) is 0 Å². The predicted molar refractivity (Wildman–Crippen MR) is 220 cm³/mol. The summed E-state index contributed by atoms with van der Waals surface area (Å²) in [5.74, 6) is 0.336. The van der Waals surface area contributed by atoms with E-state index in [1.54, 1.807) is 6.07 Å². The van der Waals surface area contributed by atoms with E-state index < -0.39 is 27.3 Å². The normalized spacial score (nSPS) is 18.2. The van der Waals surface area contributed by atoms with Crippen molar-refractivity contribution in [2.24, 2.45) is 5.41 Å². The zero-order valence-electron chi connectivity index (χ0n) is 34.2. The van der Waals surface area contributed by atoms with Crippen LogP contribution >= 0.6 is 0 Å². The highest BCUT2D eigenvalue weighted by atomic mass is 32.2. The van der Waals surface area contributed by atoms with Gasteiger partial charge in [0.2, 0.25) is 0 Å². The summed E-state index contributed by atoms with van der Waals surface area (Å²) in [5, 5.41) is 12.5. The van der Waals surface area contributed by atoms with E-state index in [0.29, 0.717) is 29.9 Å². The number of hydrogen-bond donors (Lipinski definition) is 1. The minimum absolute atomic E-state index is 0.0171. The summed E-state index contributed by atoms with van der Waals surface area (Å²) < 4.78 is 34.5. The molecule has 9 heteroatoms. The first-order valence-electron chi connectivity index (χ1n) is 20.6. The van der Waals surface area contributed by atoms with E-state index in [1.807, 2.05) is 55.4 Å². The maximum atomic E-state index is 14.1. The van der Waals surface area contributed by atoms with Gasteiger partial charge >= 0.3 is 0 Å². The lowest BCUT2D eigenvalue weighted by atomic mass is 9.68. The highest BCUT2D eigenvalue weighted by Crippen LogP contribution is 2.50. The van der Waals surface area contributed by atoms with Crippen molar-refractivity contribution in [3.63, 3.8) is 0 Å². The third-order valence-electron chi connectivity index (χ3n) is 11.5. The van der Waals surface area contributed by atoms with E-state index in [0.717, 1.165) is 121 Å². The molecule has 1 heterocycles. The Morgan fingerprint density at radius 1 is 0.712 bits per heavy atom. The second kappa shape index (κ2) is 22.3. The molecule has 8 nitrogen and oxygen atoms in total. The lowest BCUT2D eigenvalue weighted by molar-refractivity contribution is 0.0127. The zero-order chi connectivity index (χ0) is 38.1. The summed E-state index contributed by atoms with van der Waals surface area (Å²) in [6.07, 6.45) is 7.53. The van der Waals surface area contributed by atoms with Crippen LogP contribution in [0, 0.1) is 5.41 Å². The monoisotopic (exact) mass is 743 g/mol. The summed E-state index contributed by atoms with van der Waals surface area (Å²) in [7, 11) is 0.306. The molecule has 1 aliphatic heterocycles. The molecular weight excluding hydrogens is 669 g/mol. The van der Waals surface area contributed by atoms with Crippen LogP contribution in [0.25, 0.3) is 0 Å². The number of nitrogens with zero attached hydrogens (tertiary/aromatic N) is 4. The molecule has 0 aromatic heterocycles. The number of ether oxygens (including phenoxy) is 1. The van der Waals surface area contributed by atoms with Crippen LogP contribution in [0.5, 0.6) is 5.75 Å². The van der Waals surface area contributed by atoms with Gasteiger partial charge in [0.25, 0.3) is 0 Å². The molecule has 1 aliphatic rings. The van der Waals surface area contributed by atoms with Crippen LogP contribution in [0.4, 0.5) is 5.69 Å². The van der Waals surface area contributed by atoms with E-state index >= 15 is 0 Å². The maximum absolute atomic E-state index is 14.1. The quantitative estimate of drug-likeness (QED) is 0.103. The number of rotatable bonds is 25. The highest BCUT2D eigenvalue weighted by molar-refractivity contribution is 7.91. The van der Waals surface area contributed by atoms with Gasteiger partial charge in [0.15, 0.2) is 9.84 Å². The molecule has 0 spiro atoms. The largest absolute Gasteiger partial charge is 0.494 e. The molecule has 52 heavy (non-hydrogen) atoms. The molecule has 0 saturated heterocycles. The van der Waals surface area contributed by atoms with E-state index in [2.05, 4.69) is 56.2 Å². The summed E-state index contributed by atoms with van der Waals surface area (Å²) in [6, 6.07) is 13.7. The first-order chi connectivity index (χ1) is 25.0. The van der Waals surface area contributed by atoms with Crippen LogP contribution in [0.2, 0.25) is 0 Å². The third-order valence-corrected chi connectivity index (χ3v) is 13.5. The Kier molecular flexibility index (Phi) is 18.9. The second-order valence-electron chi connectivity index (χ2n) is 15.2. The molecular formula is C43H74N4O4S. The van der Waals surface area contributed by atoms with Gasteiger partial charge in [-0.1, -0.05) is 79.4 Å². The Morgan fingerprint density at radius 3 is 1.79 bits per heavy atom. The highest BCUT2D eigenvalue weighted by Gasteiger charge is 2.49. The second-order valence-corrected chi connectivity index (χ2v) is 17.2. The van der Waals surface area contributed by atoms with Crippen LogP contribution in [0.1, 0.15) is 116 Å². The average Bonchev–Trinajstić information content (AvgIpc) is 3.21. The average molecular weight is 743 g/mol. The minimum Gasteiger partial charge on any atom is -0.494 e. The van der Waals surface area contributed by atoms with Crippen LogP contribution in [0.3, 0.4) is 0 Å². The van der Waals surface area contributed by atoms with Gasteiger partial charge in [0.1, 0.15) is 5.75 Å². The van der Waals surface area contributed by atoms with Gasteiger partial charge in [0, 0.05) is 57.3 Å². The third kappa shape index (κ3) is 12.4. The van der Waals surface area contributed by atoms with E-state index in [9.17, 15) is 13.5 Å². The fourth-order valence-corrected chi connectivity index (χ4v) is 10.1. The van der Waals surface area contributed by atoms with Crippen LogP contribution in [0.15, 0.2) is 47.4 Å². The number of sulfone groups is 1. The molecule has 0 saturated carbocycles. The van der Waals surface area contributed by atoms with Crippen molar-refractivity contribution in [1.82, 2.24) is 14.7 Å². The SMILES string of the molecule is CCCCC1(CCCC)CS(=O)(=O)c2ccc(N(C)C)cc2[C@@H](c2ccc(OCCCCCN(CCN(CC)CC)CCN(CC)CC)cc2)[C@H]1O. The van der Waals surface area contributed by atoms with Gasteiger partial charge in [-0.15, -0.1) is 0 Å². The molecule has 0 unspecified atom stereocenters. The van der Waals surface area contributed by atoms with E-state index in [1.165, 1.54) is 0 Å². The maximum Gasteiger partial charge on any atom is 0.179 e. The Bertz CT molecular complexity index is 1370. The molecule has 0 radical (unpaired) electrons. The van der Waals surface area contributed by atoms with Crippen molar-refractivity contribution in [3.05, 3.63) is 53.6 Å². The number of aliphatic hydroxyl groups excluding tert-OH is 1. The summed E-state index contributed by atoms with van der Waals surface area (Å²) in [4.78, 5) is 10.0. The minimum atomic E-state index is -3.63. The van der Waals surface area contributed by atoms with Crippen LogP contribution in [-0.4, -0.2) is 120 Å². The van der Waals surface area contributed by atoms with Gasteiger partial charge in [0.05, 0.1) is 23.4 Å². The van der Waals surface area contributed by atoms with E-state index in [-0.39, 0.29) is 5.75 Å². The topological polar surface area (TPSA) is 76.6 Å². The zero-order valence-corrected chi connectivity index (χ0v) is 35.0. The summed E-state index contributed by atoms with van der Waals surface area (Å²) in [6.45, 7) is 23.9. The van der Waals surface area contributed by atoms with Crippen molar-refractivity contribution < 1.29 is 18.3 Å². The lowest BCUT2D eigenvalue weighted by Crippen LogP contribution is -2.43. The summed E-state index contributed by atoms with van der Waals surface area (Å²) >= 11 is 0. The number of benzene rings is 2. The fraction of sp³-hybridized carbons (Fsp3) is 0.721. The van der Waals surface area contributed by atoms with E-state index in [4.69, 9.17) is 4.74 Å². The van der Waals surface area contributed by atoms with Gasteiger partial charge in [-0.3, -0.25) is 0 Å². The Hall–Kier alpha value is -2.17. The van der Waals surface area contributed by atoms with Crippen molar-refractivity contribution in [2.75, 3.05) is 90.3 Å². The van der Waals surface area contributed by atoms with Crippen molar-refractivity contribution in [1.29, 1.82) is 0 Å². The molecule has 2 aromatic carbocycles. The van der Waals surface area contributed by atoms with Crippen LogP contribution in [-0.2, 0) is 9.84 Å². The van der Waals surface area contributed by atoms with Crippen LogP contribution < -0.4 is 9.64 Å². The Labute approximate surface area is 318 Å². The first kappa shape index (κ1) is 44.2. The fourth-order valence-electron chi connectivity index (χ4n) is 7.95.